The van der Waals surface area contributed by atoms with Gasteiger partial charge in [0.2, 0.25) is 0 Å². The summed E-state index contributed by atoms with van der Waals surface area (Å²) in [7, 11) is 0. The summed E-state index contributed by atoms with van der Waals surface area (Å²) in [4.78, 5) is 12.0. The molecule has 0 saturated carbocycles. The molecule has 0 saturated heterocycles. The molecule has 0 aliphatic carbocycles. The van der Waals surface area contributed by atoms with Crippen LogP contribution in [-0.4, -0.2) is 11.0 Å². The monoisotopic (exact) mass is 327 g/mol. The van der Waals surface area contributed by atoms with Crippen molar-refractivity contribution >= 4 is 40.5 Å². The van der Waals surface area contributed by atoms with Gasteiger partial charge in [-0.25, -0.2) is 0 Å². The highest BCUT2D eigenvalue weighted by atomic mass is 35.5. The van der Waals surface area contributed by atoms with Crippen LogP contribution in [0.25, 0.3) is 0 Å². The molecular weight excluding hydrogens is 319 g/mol. The van der Waals surface area contributed by atoms with E-state index in [2.05, 4.69) is 5.32 Å². The molecular formula is C13H9Cl2N2O4-. The van der Waals surface area contributed by atoms with Crippen molar-refractivity contribution in [1.82, 2.24) is 0 Å². The third-order valence-corrected chi connectivity index (χ3v) is 3.20. The molecule has 0 aliphatic heterocycles. The lowest BCUT2D eigenvalue weighted by Gasteiger charge is -2.25. The Balaban J connectivity index is 2.25. The van der Waals surface area contributed by atoms with Crippen molar-refractivity contribution in [2.75, 3.05) is 5.32 Å². The van der Waals surface area contributed by atoms with Gasteiger partial charge in [-0.2, -0.15) is 0 Å². The van der Waals surface area contributed by atoms with E-state index in [0.29, 0.717) is 0 Å². The highest BCUT2D eigenvalue weighted by molar-refractivity contribution is 6.34. The van der Waals surface area contributed by atoms with Gasteiger partial charge in [0, 0.05) is 17.2 Å². The summed E-state index contributed by atoms with van der Waals surface area (Å²) < 4.78 is 0. The lowest BCUT2D eigenvalue weighted by molar-refractivity contribution is -0.715. The van der Waals surface area contributed by atoms with Crippen molar-refractivity contribution in [2.45, 2.75) is 0 Å². The second-order valence-corrected chi connectivity index (χ2v) is 4.94. The first kappa shape index (κ1) is 15.6. The van der Waals surface area contributed by atoms with Crippen molar-refractivity contribution in [1.29, 1.82) is 0 Å². The highest BCUT2D eigenvalue weighted by Gasteiger charge is 2.14. The van der Waals surface area contributed by atoms with Crippen LogP contribution in [0.2, 0.25) is 10.0 Å². The van der Waals surface area contributed by atoms with Crippen LogP contribution in [0.5, 0.6) is 5.75 Å². The van der Waals surface area contributed by atoms with Crippen molar-refractivity contribution < 1.29 is 15.1 Å². The molecule has 0 fully saturated rings. The summed E-state index contributed by atoms with van der Waals surface area (Å²) in [6, 6.07) is 7.76. The van der Waals surface area contributed by atoms with E-state index in [1.54, 1.807) is 0 Å². The molecule has 2 aromatic rings. The molecule has 0 atom stereocenters. The van der Waals surface area contributed by atoms with E-state index < -0.39 is 11.1 Å². The van der Waals surface area contributed by atoms with Crippen LogP contribution < -0.4 is 10.5 Å². The van der Waals surface area contributed by atoms with Crippen LogP contribution in [0.15, 0.2) is 36.4 Å². The van der Waals surface area contributed by atoms with Crippen molar-refractivity contribution in [3.63, 3.8) is 0 Å². The van der Waals surface area contributed by atoms with Crippen LogP contribution in [0, 0.1) is 10.4 Å². The third-order valence-electron chi connectivity index (χ3n) is 2.66. The topological polar surface area (TPSA) is 99.9 Å². The maximum Gasteiger partial charge on any atom is 0.259 e. The molecule has 1 amide bonds. The van der Waals surface area contributed by atoms with Gasteiger partial charge >= 0.3 is 0 Å². The smallest absolute Gasteiger partial charge is 0.259 e. The highest BCUT2D eigenvalue weighted by Crippen LogP contribution is 2.27. The van der Waals surface area contributed by atoms with Gasteiger partial charge in [-0.3, -0.25) is 4.79 Å². The molecule has 6 nitrogen and oxygen atoms in total. The molecule has 0 bridgehead atoms. The summed E-state index contributed by atoms with van der Waals surface area (Å²) in [6.07, 6.45) is 0. The number of carbonyl (C=O) groups excluding carboxylic acids is 1. The van der Waals surface area contributed by atoms with Crippen LogP contribution in [0.4, 0.5) is 11.4 Å². The molecule has 21 heavy (non-hydrogen) atoms. The number of rotatable bonds is 3. The van der Waals surface area contributed by atoms with E-state index in [9.17, 15) is 20.3 Å². The number of amides is 1. The van der Waals surface area contributed by atoms with E-state index in [-0.39, 0.29) is 32.7 Å². The van der Waals surface area contributed by atoms with Crippen LogP contribution in [-0.2, 0) is 0 Å². The minimum atomic E-state index is -1.37. The number of aromatic hydroxyl groups is 1. The van der Waals surface area contributed by atoms with Gasteiger partial charge in [-0.1, -0.05) is 23.2 Å². The molecule has 2 rings (SSSR count). The molecule has 0 unspecified atom stereocenters. The lowest BCUT2D eigenvalue weighted by Crippen LogP contribution is -2.96. The van der Waals surface area contributed by atoms with E-state index in [1.807, 2.05) is 0 Å². The summed E-state index contributed by atoms with van der Waals surface area (Å²) in [6.45, 7) is 0. The molecule has 0 aliphatic rings. The Morgan fingerprint density at radius 3 is 2.48 bits per heavy atom. The van der Waals surface area contributed by atoms with Gasteiger partial charge in [0.1, 0.15) is 11.4 Å². The molecule has 0 aromatic heterocycles. The summed E-state index contributed by atoms with van der Waals surface area (Å²) in [5, 5.41) is 32.4. The van der Waals surface area contributed by atoms with Crippen LogP contribution in [0.1, 0.15) is 10.4 Å². The van der Waals surface area contributed by atoms with Gasteiger partial charge in [0.15, 0.2) is 0 Å². The van der Waals surface area contributed by atoms with Gasteiger partial charge in [0.25, 0.3) is 5.91 Å². The Morgan fingerprint density at radius 2 is 1.86 bits per heavy atom. The standard InChI is InChI=1S/C13H9Cl2N2O4/c14-7-1-4-12(18)9(5-7)13(19)16-11-3-2-8(17(20)21)6-10(11)15/h1-6,17-18H,(H,16,19)/q-1. The number of benzene rings is 2. The fraction of sp³-hybridized carbons (Fsp3) is 0. The number of halogens is 2. The van der Waals surface area contributed by atoms with E-state index >= 15 is 0 Å². The third kappa shape index (κ3) is 3.63. The number of hydrogen-bond acceptors (Lipinski definition) is 4. The zero-order valence-corrected chi connectivity index (χ0v) is 11.9. The fourth-order valence-electron chi connectivity index (χ4n) is 1.62. The van der Waals surface area contributed by atoms with E-state index in [1.165, 1.54) is 30.3 Å². The number of phenolic OH excluding ortho intramolecular Hbond substituents is 1. The second kappa shape index (κ2) is 6.30. The lowest BCUT2D eigenvalue weighted by atomic mass is 10.2. The molecule has 3 N–H and O–H groups in total. The summed E-state index contributed by atoms with van der Waals surface area (Å²) in [5.41, 5.74) is 0.0668. The minimum Gasteiger partial charge on any atom is -0.628 e. The number of nitrogens with one attached hydrogen (secondary N) is 2. The van der Waals surface area contributed by atoms with Crippen LogP contribution >= 0.6 is 23.2 Å². The zero-order valence-electron chi connectivity index (χ0n) is 10.4. The van der Waals surface area contributed by atoms with Gasteiger partial charge in [-0.05, 0) is 24.3 Å². The Hall–Kier alpha value is -1.83. The normalized spacial score (nSPS) is 10.7. The SMILES string of the molecule is O=C(Nc1ccc([NH+]([O-])[O-])cc1Cl)c1cc(Cl)ccc1O. The maximum absolute atomic E-state index is 12.0. The van der Waals surface area contributed by atoms with Crippen molar-refractivity contribution in [3.05, 3.63) is 62.4 Å². The summed E-state index contributed by atoms with van der Waals surface area (Å²) >= 11 is 11.6. The van der Waals surface area contributed by atoms with E-state index in [0.717, 1.165) is 6.07 Å². The zero-order chi connectivity index (χ0) is 15.6. The van der Waals surface area contributed by atoms with Crippen molar-refractivity contribution in [2.24, 2.45) is 0 Å². The predicted octanol–water partition coefficient (Wildman–Crippen LogP) is 2.46. The maximum atomic E-state index is 12.0. The Morgan fingerprint density at radius 1 is 1.14 bits per heavy atom. The largest absolute Gasteiger partial charge is 0.628 e. The number of carbonyl (C=O) groups is 1. The number of quaternary nitrogens is 1. The van der Waals surface area contributed by atoms with Gasteiger partial charge < -0.3 is 26.1 Å². The van der Waals surface area contributed by atoms with Crippen LogP contribution in [0.3, 0.4) is 0 Å². The first-order chi connectivity index (χ1) is 9.88. The van der Waals surface area contributed by atoms with Crippen molar-refractivity contribution in [3.8, 4) is 5.75 Å². The molecule has 2 aromatic carbocycles. The Bertz CT molecular complexity index is 692. The first-order valence-electron chi connectivity index (χ1n) is 5.69. The molecule has 0 heterocycles. The molecule has 110 valence electrons. The average Bonchev–Trinajstić information content (AvgIpc) is 2.43. The van der Waals surface area contributed by atoms with E-state index in [4.69, 9.17) is 23.2 Å². The molecule has 0 spiro atoms. The summed E-state index contributed by atoms with van der Waals surface area (Å²) in [5.74, 6) is -0.863. The number of hydrogen-bond donors (Lipinski definition) is 3. The average molecular weight is 328 g/mol. The molecule has 0 radical (unpaired) electrons. The number of phenols is 1. The second-order valence-electron chi connectivity index (χ2n) is 4.10. The number of anilines is 1. The fourth-order valence-corrected chi connectivity index (χ4v) is 2.02. The van der Waals surface area contributed by atoms with Gasteiger partial charge in [0.05, 0.1) is 16.3 Å². The minimum absolute atomic E-state index is 0.0254. The quantitative estimate of drug-likeness (QED) is 0.754. The Labute approximate surface area is 129 Å². The first-order valence-corrected chi connectivity index (χ1v) is 6.45. The molecule has 8 heteroatoms. The van der Waals surface area contributed by atoms with Gasteiger partial charge in [-0.15, -0.1) is 0 Å². The predicted molar refractivity (Wildman–Crippen MR) is 79.9 cm³/mol. The Kier molecular flexibility index (Phi) is 4.66.